The minimum atomic E-state index is -0.663. The fourth-order valence-corrected chi connectivity index (χ4v) is 3.09. The second kappa shape index (κ2) is 5.86. The van der Waals surface area contributed by atoms with E-state index >= 15 is 0 Å². The van der Waals surface area contributed by atoms with Crippen molar-refractivity contribution in [1.82, 2.24) is 4.98 Å². The molecule has 3 rings (SSSR count). The van der Waals surface area contributed by atoms with Gasteiger partial charge < -0.3 is 15.4 Å². The molecular weight excluding hydrogens is 292 g/mol. The lowest BCUT2D eigenvalue weighted by Crippen LogP contribution is -2.48. The molecule has 1 aromatic carbocycles. The van der Waals surface area contributed by atoms with Gasteiger partial charge in [0, 0.05) is 18.1 Å². The number of rotatable bonds is 2. The molecule has 1 fully saturated rings. The molecule has 2 N–H and O–H groups in total. The van der Waals surface area contributed by atoms with Gasteiger partial charge in [-0.05, 0) is 25.5 Å². The number of nitrogens with zero attached hydrogens (tertiary/aromatic N) is 3. The molecule has 1 aromatic heterocycles. The van der Waals surface area contributed by atoms with Gasteiger partial charge in [0.25, 0.3) is 0 Å². The number of hydrogen-bond donors (Lipinski definition) is 1. The van der Waals surface area contributed by atoms with Gasteiger partial charge in [0.2, 0.25) is 5.91 Å². The Morgan fingerprint density at radius 1 is 1.48 bits per heavy atom. The van der Waals surface area contributed by atoms with Crippen molar-refractivity contribution in [2.75, 3.05) is 24.6 Å². The van der Waals surface area contributed by atoms with Crippen molar-refractivity contribution in [3.63, 3.8) is 0 Å². The normalized spacial score (nSPS) is 18.0. The number of fused-ring (bicyclic) bond motifs is 1. The zero-order valence-electron chi connectivity index (χ0n) is 13.2. The Kier molecular flexibility index (Phi) is 3.89. The maximum absolute atomic E-state index is 11.5. The molecule has 1 aliphatic rings. The summed E-state index contributed by atoms with van der Waals surface area (Å²) in [5.41, 5.74) is 9.70. The smallest absolute Gasteiger partial charge is 0.248 e. The number of aryl methyl sites for hydroxylation is 2. The van der Waals surface area contributed by atoms with E-state index in [9.17, 15) is 10.1 Å². The number of aromatic nitrogens is 1. The van der Waals surface area contributed by atoms with Crippen LogP contribution in [0.15, 0.2) is 18.3 Å². The number of anilines is 1. The predicted molar refractivity (Wildman–Crippen MR) is 87.1 cm³/mol. The molecular formula is C17H18N4O2. The van der Waals surface area contributed by atoms with Crippen LogP contribution in [0.3, 0.4) is 0 Å². The molecule has 6 nitrogen and oxygen atoms in total. The van der Waals surface area contributed by atoms with E-state index in [4.69, 9.17) is 10.5 Å². The van der Waals surface area contributed by atoms with E-state index in [1.165, 1.54) is 0 Å². The molecule has 1 atom stereocenters. The Hall–Kier alpha value is -2.65. The zero-order valence-corrected chi connectivity index (χ0v) is 13.2. The summed E-state index contributed by atoms with van der Waals surface area (Å²) in [6.07, 6.45) is 0.929. The number of ether oxygens (including phenoxy) is 1. The minimum absolute atomic E-state index is 0.343. The van der Waals surface area contributed by atoms with Crippen molar-refractivity contribution in [3.05, 3.63) is 35.0 Å². The van der Waals surface area contributed by atoms with Crippen LogP contribution in [0.1, 0.15) is 16.7 Å². The molecule has 1 unspecified atom stereocenters. The average Bonchev–Trinajstić information content (AvgIpc) is 2.53. The summed E-state index contributed by atoms with van der Waals surface area (Å²) in [7, 11) is 0. The number of morpholine rings is 1. The van der Waals surface area contributed by atoms with Crippen LogP contribution in [-0.2, 0) is 9.53 Å². The van der Waals surface area contributed by atoms with E-state index in [0.717, 1.165) is 27.7 Å². The zero-order chi connectivity index (χ0) is 16.6. The van der Waals surface area contributed by atoms with Gasteiger partial charge >= 0.3 is 0 Å². The van der Waals surface area contributed by atoms with Crippen LogP contribution in [0.2, 0.25) is 0 Å². The van der Waals surface area contributed by atoms with Gasteiger partial charge in [-0.1, -0.05) is 11.6 Å². The molecule has 0 saturated carbocycles. The van der Waals surface area contributed by atoms with Crippen molar-refractivity contribution in [2.45, 2.75) is 20.0 Å². The van der Waals surface area contributed by atoms with Crippen LogP contribution in [0, 0.1) is 25.2 Å². The fourth-order valence-electron chi connectivity index (χ4n) is 3.09. The predicted octanol–water partition coefficient (Wildman–Crippen LogP) is 1.41. The minimum Gasteiger partial charge on any atom is -0.367 e. The van der Waals surface area contributed by atoms with E-state index in [2.05, 4.69) is 17.1 Å². The molecule has 0 spiro atoms. The summed E-state index contributed by atoms with van der Waals surface area (Å²) in [6.45, 7) is 5.36. The first-order valence-electron chi connectivity index (χ1n) is 7.47. The highest BCUT2D eigenvalue weighted by Crippen LogP contribution is 2.32. The maximum atomic E-state index is 11.5. The Labute approximate surface area is 134 Å². The van der Waals surface area contributed by atoms with Gasteiger partial charge in [-0.25, -0.2) is 0 Å². The number of nitriles is 1. The van der Waals surface area contributed by atoms with Gasteiger partial charge in [-0.3, -0.25) is 9.78 Å². The third-order valence-corrected chi connectivity index (χ3v) is 4.10. The highest BCUT2D eigenvalue weighted by Gasteiger charge is 2.27. The fraction of sp³-hybridized carbons (Fsp3) is 0.353. The second-order valence-electron chi connectivity index (χ2n) is 5.82. The van der Waals surface area contributed by atoms with Crippen molar-refractivity contribution < 1.29 is 9.53 Å². The number of carbonyl (C=O) groups is 1. The van der Waals surface area contributed by atoms with Gasteiger partial charge in [-0.2, -0.15) is 5.26 Å². The van der Waals surface area contributed by atoms with E-state index in [-0.39, 0.29) is 0 Å². The van der Waals surface area contributed by atoms with E-state index in [1.54, 1.807) is 6.20 Å². The highest BCUT2D eigenvalue weighted by molar-refractivity contribution is 5.97. The second-order valence-corrected chi connectivity index (χ2v) is 5.82. The Balaban J connectivity index is 2.18. The lowest BCUT2D eigenvalue weighted by atomic mass is 10.0. The monoisotopic (exact) mass is 310 g/mol. The topological polar surface area (TPSA) is 92.2 Å². The molecule has 23 heavy (non-hydrogen) atoms. The Morgan fingerprint density at radius 2 is 2.26 bits per heavy atom. The molecule has 1 saturated heterocycles. The molecule has 0 bridgehead atoms. The molecule has 6 heteroatoms. The van der Waals surface area contributed by atoms with Gasteiger partial charge in [0.05, 0.1) is 29.9 Å². The Bertz CT molecular complexity index is 825. The lowest BCUT2D eigenvalue weighted by molar-refractivity contribution is -0.130. The number of carbonyl (C=O) groups excluding carboxylic acids is 1. The Morgan fingerprint density at radius 3 is 2.96 bits per heavy atom. The van der Waals surface area contributed by atoms with Crippen molar-refractivity contribution in [2.24, 2.45) is 5.73 Å². The highest BCUT2D eigenvalue weighted by atomic mass is 16.5. The van der Waals surface area contributed by atoms with Crippen molar-refractivity contribution in [1.29, 1.82) is 5.26 Å². The average molecular weight is 310 g/mol. The van der Waals surface area contributed by atoms with E-state index in [1.807, 2.05) is 24.8 Å². The number of benzene rings is 1. The molecule has 1 amide bonds. The van der Waals surface area contributed by atoms with Crippen LogP contribution >= 0.6 is 0 Å². The van der Waals surface area contributed by atoms with Crippen LogP contribution in [0.25, 0.3) is 10.9 Å². The molecule has 2 aromatic rings. The third-order valence-electron chi connectivity index (χ3n) is 4.10. The summed E-state index contributed by atoms with van der Waals surface area (Å²) in [6, 6.07) is 6.30. The first-order chi connectivity index (χ1) is 11.0. The quantitative estimate of drug-likeness (QED) is 0.905. The van der Waals surface area contributed by atoms with E-state index < -0.39 is 12.0 Å². The molecule has 0 aliphatic carbocycles. The van der Waals surface area contributed by atoms with Crippen LogP contribution < -0.4 is 10.6 Å². The number of nitrogens with two attached hydrogens (primary N) is 1. The largest absolute Gasteiger partial charge is 0.367 e. The SMILES string of the molecule is Cc1cc(C)c2ncc(C#N)c(N3CCOC(C(N)=O)C3)c2c1. The lowest BCUT2D eigenvalue weighted by Gasteiger charge is -2.34. The number of hydrogen-bond acceptors (Lipinski definition) is 5. The van der Waals surface area contributed by atoms with Gasteiger partial charge in [-0.15, -0.1) is 0 Å². The standard InChI is InChI=1S/C17H18N4O2/c1-10-5-11(2)15-13(6-10)16(12(7-18)8-20-15)21-3-4-23-14(9-21)17(19)22/h5-6,8,14H,3-4,9H2,1-2H3,(H2,19,22). The number of amides is 1. The van der Waals surface area contributed by atoms with Crippen LogP contribution in [0.4, 0.5) is 5.69 Å². The first kappa shape index (κ1) is 15.3. The van der Waals surface area contributed by atoms with Gasteiger partial charge in [0.15, 0.2) is 6.10 Å². The number of primary amides is 1. The van der Waals surface area contributed by atoms with Crippen molar-refractivity contribution >= 4 is 22.5 Å². The third kappa shape index (κ3) is 2.71. The summed E-state index contributed by atoms with van der Waals surface area (Å²) >= 11 is 0. The first-order valence-corrected chi connectivity index (χ1v) is 7.47. The van der Waals surface area contributed by atoms with Crippen molar-refractivity contribution in [3.8, 4) is 6.07 Å². The maximum Gasteiger partial charge on any atom is 0.248 e. The van der Waals surface area contributed by atoms with Crippen LogP contribution in [-0.4, -0.2) is 36.7 Å². The summed E-state index contributed by atoms with van der Waals surface area (Å²) in [4.78, 5) is 17.9. The summed E-state index contributed by atoms with van der Waals surface area (Å²) in [5.74, 6) is -0.487. The molecule has 118 valence electrons. The number of pyridine rings is 1. The van der Waals surface area contributed by atoms with Crippen LogP contribution in [0.5, 0.6) is 0 Å². The summed E-state index contributed by atoms with van der Waals surface area (Å²) in [5, 5.41) is 10.4. The molecule has 0 radical (unpaired) electrons. The molecule has 1 aliphatic heterocycles. The summed E-state index contributed by atoms with van der Waals surface area (Å²) < 4.78 is 5.41. The molecule has 2 heterocycles. The van der Waals surface area contributed by atoms with E-state index in [0.29, 0.717) is 25.3 Å². The van der Waals surface area contributed by atoms with Gasteiger partial charge in [0.1, 0.15) is 6.07 Å².